The van der Waals surface area contributed by atoms with E-state index in [0.29, 0.717) is 0 Å². The zero-order valence-electron chi connectivity index (χ0n) is 19.1. The molecule has 3 heterocycles. The van der Waals surface area contributed by atoms with Crippen LogP contribution in [0.2, 0.25) is 0 Å². The second-order valence-electron chi connectivity index (χ2n) is 7.68. The number of ether oxygens (including phenoxy) is 1. The first-order valence-corrected chi connectivity index (χ1v) is 11.6. The van der Waals surface area contributed by atoms with Crippen molar-refractivity contribution >= 4 is 28.0 Å². The lowest BCUT2D eigenvalue weighted by Crippen LogP contribution is -2.50. The Labute approximate surface area is 187 Å². The Kier molecular flexibility index (Phi) is 6.61. The van der Waals surface area contributed by atoms with Gasteiger partial charge in [0.15, 0.2) is 0 Å². The summed E-state index contributed by atoms with van der Waals surface area (Å²) in [6, 6.07) is 0. The molecule has 0 saturated carbocycles. The Morgan fingerprint density at radius 2 is 1.69 bits per heavy atom. The highest BCUT2D eigenvalue weighted by Gasteiger charge is 2.37. The predicted molar refractivity (Wildman–Crippen MR) is 117 cm³/mol. The molecule has 0 bridgehead atoms. The van der Waals surface area contributed by atoms with Crippen molar-refractivity contribution in [3.8, 4) is 0 Å². The molecule has 0 radical (unpaired) electrons. The molecule has 0 N–H and O–H groups in total. The molecule has 11 heteroatoms. The molecule has 1 saturated heterocycles. The monoisotopic (exact) mass is 464 g/mol. The van der Waals surface area contributed by atoms with Crippen molar-refractivity contribution in [1.29, 1.82) is 0 Å². The summed E-state index contributed by atoms with van der Waals surface area (Å²) >= 11 is 0. The molecule has 0 unspecified atom stereocenters. The maximum atomic E-state index is 13.3. The first-order chi connectivity index (χ1) is 15.0. The molecule has 2 aromatic heterocycles. The van der Waals surface area contributed by atoms with Gasteiger partial charge in [0, 0.05) is 50.6 Å². The lowest BCUT2D eigenvalue weighted by atomic mass is 10.2. The molecule has 0 aliphatic carbocycles. The highest BCUT2D eigenvalue weighted by molar-refractivity contribution is 7.89. The number of hydrogen-bond donors (Lipinski definition) is 0. The molecule has 3 rings (SSSR count). The zero-order chi connectivity index (χ0) is 23.8. The summed E-state index contributed by atoms with van der Waals surface area (Å²) in [6.07, 6.45) is 3.23. The summed E-state index contributed by atoms with van der Waals surface area (Å²) in [6.45, 7) is 7.51. The van der Waals surface area contributed by atoms with E-state index in [1.54, 1.807) is 15.7 Å². The van der Waals surface area contributed by atoms with E-state index >= 15 is 0 Å². The number of sulfonamides is 1. The highest BCUT2D eigenvalue weighted by Crippen LogP contribution is 2.30. The zero-order valence-corrected chi connectivity index (χ0v) is 19.9. The highest BCUT2D eigenvalue weighted by atomic mass is 32.2. The quantitative estimate of drug-likeness (QED) is 0.487. The second kappa shape index (κ2) is 8.91. The number of amides is 1. The van der Waals surface area contributed by atoms with Gasteiger partial charge < -0.3 is 14.1 Å². The predicted octanol–water partition coefficient (Wildman–Crippen LogP) is 1.58. The molecular formula is C21H28N4O6S. The number of methoxy groups -OCH3 is 1. The number of aromatic nitrogens is 2. The van der Waals surface area contributed by atoms with E-state index in [2.05, 4.69) is 5.10 Å². The van der Waals surface area contributed by atoms with Gasteiger partial charge in [0.25, 0.3) is 0 Å². The maximum absolute atomic E-state index is 13.3. The third-order valence-corrected chi connectivity index (χ3v) is 7.75. The van der Waals surface area contributed by atoms with E-state index < -0.39 is 16.0 Å². The second-order valence-corrected chi connectivity index (χ2v) is 9.56. The number of carbonyl (C=O) groups excluding carboxylic acids is 2. The third kappa shape index (κ3) is 4.22. The molecule has 0 aromatic carbocycles. The number of rotatable bonds is 5. The summed E-state index contributed by atoms with van der Waals surface area (Å²) in [5.74, 6) is -0.646. The maximum Gasteiger partial charge on any atom is 0.342 e. The molecule has 0 atom stereocenters. The summed E-state index contributed by atoms with van der Waals surface area (Å²) in [5.41, 5.74) is 2.59. The Morgan fingerprint density at radius 1 is 1.06 bits per heavy atom. The van der Waals surface area contributed by atoms with Gasteiger partial charge in [0.1, 0.15) is 22.0 Å². The van der Waals surface area contributed by atoms with Gasteiger partial charge in [-0.2, -0.15) is 9.40 Å². The standard InChI is InChI=1S/C21H28N4O6S/c1-13-17(14(2)23(5)22-13)7-8-18(26)24-9-11-25(12-10-24)32(28,29)20-16(4)31-15(3)19(20)21(27)30-6/h7-8H,9-12H2,1-6H3/b8-7+. The van der Waals surface area contributed by atoms with E-state index in [1.165, 1.54) is 31.3 Å². The van der Waals surface area contributed by atoms with Crippen LogP contribution in [0, 0.1) is 27.7 Å². The molecule has 32 heavy (non-hydrogen) atoms. The van der Waals surface area contributed by atoms with Gasteiger partial charge in [-0.1, -0.05) is 0 Å². The first kappa shape index (κ1) is 23.7. The van der Waals surface area contributed by atoms with Crippen LogP contribution in [0.4, 0.5) is 0 Å². The average molecular weight is 465 g/mol. The van der Waals surface area contributed by atoms with Crippen LogP contribution in [-0.2, 0) is 26.6 Å². The van der Waals surface area contributed by atoms with Crippen LogP contribution in [0.15, 0.2) is 15.4 Å². The van der Waals surface area contributed by atoms with Crippen molar-refractivity contribution < 1.29 is 27.2 Å². The molecule has 1 aliphatic rings. The number of piperazine rings is 1. The Balaban J connectivity index is 1.74. The van der Waals surface area contributed by atoms with Gasteiger partial charge >= 0.3 is 5.97 Å². The number of furan rings is 1. The smallest absolute Gasteiger partial charge is 0.342 e. The fourth-order valence-electron chi connectivity index (χ4n) is 3.88. The molecule has 1 aliphatic heterocycles. The van der Waals surface area contributed by atoms with E-state index in [1.807, 2.05) is 20.9 Å². The minimum atomic E-state index is -4.00. The van der Waals surface area contributed by atoms with E-state index in [-0.39, 0.29) is 54.1 Å². The van der Waals surface area contributed by atoms with E-state index in [9.17, 15) is 18.0 Å². The number of esters is 1. The fraction of sp³-hybridized carbons (Fsp3) is 0.476. The van der Waals surface area contributed by atoms with Gasteiger partial charge in [-0.05, 0) is 33.8 Å². The van der Waals surface area contributed by atoms with Crippen LogP contribution in [-0.4, -0.2) is 72.6 Å². The van der Waals surface area contributed by atoms with Crippen molar-refractivity contribution in [2.75, 3.05) is 33.3 Å². The number of nitrogens with zero attached hydrogens (tertiary/aromatic N) is 4. The van der Waals surface area contributed by atoms with E-state index in [4.69, 9.17) is 9.15 Å². The van der Waals surface area contributed by atoms with Crippen molar-refractivity contribution in [3.05, 3.63) is 40.1 Å². The molecule has 0 spiro atoms. The molecule has 10 nitrogen and oxygen atoms in total. The van der Waals surface area contributed by atoms with Crippen LogP contribution in [0.1, 0.15) is 38.8 Å². The topological polar surface area (TPSA) is 115 Å². The fourth-order valence-corrected chi connectivity index (χ4v) is 5.67. The molecule has 1 amide bonds. The van der Waals surface area contributed by atoms with Crippen LogP contribution >= 0.6 is 0 Å². The van der Waals surface area contributed by atoms with Crippen molar-refractivity contribution in [2.24, 2.45) is 7.05 Å². The third-order valence-electron chi connectivity index (χ3n) is 5.70. The molecule has 174 valence electrons. The van der Waals surface area contributed by atoms with Gasteiger partial charge in [-0.3, -0.25) is 9.48 Å². The minimum Gasteiger partial charge on any atom is -0.465 e. The number of hydrogen-bond acceptors (Lipinski definition) is 7. The molecule has 2 aromatic rings. The van der Waals surface area contributed by atoms with E-state index in [0.717, 1.165) is 17.0 Å². The van der Waals surface area contributed by atoms with Crippen molar-refractivity contribution in [1.82, 2.24) is 19.0 Å². The van der Waals surface area contributed by atoms with Crippen LogP contribution < -0.4 is 0 Å². The average Bonchev–Trinajstić information content (AvgIpc) is 3.19. The normalized spacial score (nSPS) is 15.5. The van der Waals surface area contributed by atoms with Crippen LogP contribution in [0.5, 0.6) is 0 Å². The van der Waals surface area contributed by atoms with Crippen molar-refractivity contribution in [2.45, 2.75) is 32.6 Å². The Hall–Kier alpha value is -2.92. The largest absolute Gasteiger partial charge is 0.465 e. The number of aryl methyl sites for hydroxylation is 4. The number of carbonyl (C=O) groups is 2. The Bertz CT molecular complexity index is 1180. The molecular weight excluding hydrogens is 436 g/mol. The lowest BCUT2D eigenvalue weighted by Gasteiger charge is -2.33. The van der Waals surface area contributed by atoms with Crippen molar-refractivity contribution in [3.63, 3.8) is 0 Å². The van der Waals surface area contributed by atoms with Gasteiger partial charge in [0.2, 0.25) is 15.9 Å². The summed E-state index contributed by atoms with van der Waals surface area (Å²) < 4.78 is 39.7. The van der Waals surface area contributed by atoms with Gasteiger partial charge in [-0.25, -0.2) is 13.2 Å². The Morgan fingerprint density at radius 3 is 2.22 bits per heavy atom. The SMILES string of the molecule is COC(=O)c1c(C)oc(C)c1S(=O)(=O)N1CCN(C(=O)/C=C/c2c(C)nn(C)c2C)CC1. The summed E-state index contributed by atoms with van der Waals surface area (Å²) in [5, 5.41) is 4.33. The summed E-state index contributed by atoms with van der Waals surface area (Å²) in [4.78, 5) is 26.2. The molecule has 1 fully saturated rings. The minimum absolute atomic E-state index is 0.0892. The first-order valence-electron chi connectivity index (χ1n) is 10.1. The van der Waals surface area contributed by atoms with Crippen LogP contribution in [0.25, 0.3) is 6.08 Å². The lowest BCUT2D eigenvalue weighted by molar-refractivity contribution is -0.127. The van der Waals surface area contributed by atoms with Gasteiger partial charge in [-0.15, -0.1) is 0 Å². The summed E-state index contributed by atoms with van der Waals surface area (Å²) in [7, 11) is -0.968. The van der Waals surface area contributed by atoms with Gasteiger partial charge in [0.05, 0.1) is 12.8 Å². The van der Waals surface area contributed by atoms with Crippen LogP contribution in [0.3, 0.4) is 0 Å².